The fourth-order valence-electron chi connectivity index (χ4n) is 1.85. The first kappa shape index (κ1) is 10.7. The van der Waals surface area contributed by atoms with Gasteiger partial charge in [-0.3, -0.25) is 4.79 Å². The van der Waals surface area contributed by atoms with Crippen molar-refractivity contribution in [2.75, 3.05) is 0 Å². The maximum atomic E-state index is 12.8. The Balaban J connectivity index is 1.97. The predicted octanol–water partition coefficient (Wildman–Crippen LogP) is 3.44. The number of ketones is 1. The zero-order chi connectivity index (χ0) is 12.5. The Hall–Kier alpha value is -2.42. The number of halogens is 1. The summed E-state index contributed by atoms with van der Waals surface area (Å²) in [6.07, 6.45) is 1.61. The second-order valence-electron chi connectivity index (χ2n) is 3.99. The molecular formula is C15H9FO2. The number of Topliss-reactive ketones (excluding diaryl/α,β-unsaturated/α-hetero) is 1. The van der Waals surface area contributed by atoms with E-state index < -0.39 is 0 Å². The molecule has 0 amide bonds. The molecule has 0 atom stereocenters. The zero-order valence-electron chi connectivity index (χ0n) is 9.39. The number of rotatable bonds is 1. The van der Waals surface area contributed by atoms with Gasteiger partial charge in [-0.2, -0.15) is 0 Å². The minimum Gasteiger partial charge on any atom is -0.452 e. The van der Waals surface area contributed by atoms with Crippen LogP contribution in [-0.2, 0) is 0 Å². The highest BCUT2D eigenvalue weighted by atomic mass is 19.1. The highest BCUT2D eigenvalue weighted by Gasteiger charge is 2.26. The number of hydrogen-bond donors (Lipinski definition) is 0. The number of para-hydroxylation sites is 1. The molecule has 1 heterocycles. The predicted molar refractivity (Wildman–Crippen MR) is 65.8 cm³/mol. The largest absolute Gasteiger partial charge is 0.452 e. The molecule has 1 aliphatic rings. The van der Waals surface area contributed by atoms with Crippen LogP contribution in [0.4, 0.5) is 4.39 Å². The third kappa shape index (κ3) is 1.80. The van der Waals surface area contributed by atoms with E-state index in [4.69, 9.17) is 4.74 Å². The molecule has 0 aromatic heterocycles. The summed E-state index contributed by atoms with van der Waals surface area (Å²) in [7, 11) is 0. The Kier molecular flexibility index (Phi) is 2.45. The minimum absolute atomic E-state index is 0.144. The van der Waals surface area contributed by atoms with Gasteiger partial charge in [-0.25, -0.2) is 4.39 Å². The number of benzene rings is 2. The lowest BCUT2D eigenvalue weighted by atomic mass is 10.1. The van der Waals surface area contributed by atoms with Crippen LogP contribution in [0.3, 0.4) is 0 Å². The van der Waals surface area contributed by atoms with Crippen LogP contribution in [-0.4, -0.2) is 5.78 Å². The van der Waals surface area contributed by atoms with E-state index in [0.717, 1.165) is 5.56 Å². The van der Waals surface area contributed by atoms with Gasteiger partial charge in [-0.15, -0.1) is 0 Å². The summed E-state index contributed by atoms with van der Waals surface area (Å²) in [5.74, 6) is 0.382. The van der Waals surface area contributed by atoms with Gasteiger partial charge in [0.2, 0.25) is 5.78 Å². The molecule has 0 saturated heterocycles. The third-order valence-corrected chi connectivity index (χ3v) is 2.74. The molecule has 2 nitrogen and oxygen atoms in total. The summed E-state index contributed by atoms with van der Waals surface area (Å²) in [6.45, 7) is 0. The second-order valence-corrected chi connectivity index (χ2v) is 3.99. The first-order valence-electron chi connectivity index (χ1n) is 5.53. The maximum absolute atomic E-state index is 12.8. The summed E-state index contributed by atoms with van der Waals surface area (Å²) >= 11 is 0. The highest BCUT2D eigenvalue weighted by molar-refractivity contribution is 6.14. The Labute approximate surface area is 103 Å². The smallest absolute Gasteiger partial charge is 0.231 e. The standard InChI is InChI=1S/C15H9FO2/c16-11-7-5-10(6-8-11)9-14-15(17)12-3-1-2-4-13(12)18-14/h1-9H/b14-9+. The molecular weight excluding hydrogens is 231 g/mol. The van der Waals surface area contributed by atoms with Crippen LogP contribution in [0.1, 0.15) is 15.9 Å². The molecule has 2 aromatic rings. The summed E-state index contributed by atoms with van der Waals surface area (Å²) in [6, 6.07) is 13.0. The molecule has 88 valence electrons. The Bertz CT molecular complexity index is 642. The number of allylic oxidation sites excluding steroid dienone is 1. The lowest BCUT2D eigenvalue weighted by molar-refractivity contribution is 0.101. The highest BCUT2D eigenvalue weighted by Crippen LogP contribution is 2.31. The van der Waals surface area contributed by atoms with Crippen LogP contribution in [0.25, 0.3) is 6.08 Å². The number of ether oxygens (including phenoxy) is 1. The van der Waals surface area contributed by atoms with Gasteiger partial charge in [0, 0.05) is 0 Å². The van der Waals surface area contributed by atoms with Crippen molar-refractivity contribution < 1.29 is 13.9 Å². The van der Waals surface area contributed by atoms with E-state index in [0.29, 0.717) is 11.3 Å². The van der Waals surface area contributed by atoms with Gasteiger partial charge in [0.25, 0.3) is 0 Å². The number of hydrogen-bond acceptors (Lipinski definition) is 2. The van der Waals surface area contributed by atoms with Crippen molar-refractivity contribution in [2.45, 2.75) is 0 Å². The first-order valence-corrected chi connectivity index (χ1v) is 5.53. The molecule has 3 heteroatoms. The lowest BCUT2D eigenvalue weighted by Crippen LogP contribution is -1.97. The van der Waals surface area contributed by atoms with Gasteiger partial charge in [0.15, 0.2) is 5.76 Å². The molecule has 0 radical (unpaired) electrons. The van der Waals surface area contributed by atoms with Crippen molar-refractivity contribution >= 4 is 11.9 Å². The number of carbonyl (C=O) groups is 1. The van der Waals surface area contributed by atoms with Crippen LogP contribution in [0, 0.1) is 5.82 Å². The van der Waals surface area contributed by atoms with Gasteiger partial charge in [-0.05, 0) is 35.9 Å². The number of carbonyl (C=O) groups excluding carboxylic acids is 1. The van der Waals surface area contributed by atoms with E-state index in [1.165, 1.54) is 12.1 Å². The zero-order valence-corrected chi connectivity index (χ0v) is 9.39. The molecule has 0 aliphatic carbocycles. The normalized spacial score (nSPS) is 15.6. The van der Waals surface area contributed by atoms with E-state index in [-0.39, 0.29) is 17.4 Å². The fraction of sp³-hybridized carbons (Fsp3) is 0. The van der Waals surface area contributed by atoms with Crippen LogP contribution in [0.2, 0.25) is 0 Å². The fourth-order valence-corrected chi connectivity index (χ4v) is 1.85. The van der Waals surface area contributed by atoms with Gasteiger partial charge < -0.3 is 4.74 Å². The molecule has 0 fully saturated rings. The lowest BCUT2D eigenvalue weighted by Gasteiger charge is -1.98. The Morgan fingerprint density at radius 2 is 1.72 bits per heavy atom. The number of fused-ring (bicyclic) bond motifs is 1. The van der Waals surface area contributed by atoms with Crippen molar-refractivity contribution in [2.24, 2.45) is 0 Å². The minimum atomic E-state index is -0.306. The molecule has 0 saturated carbocycles. The van der Waals surface area contributed by atoms with Gasteiger partial charge in [0.05, 0.1) is 5.56 Å². The van der Waals surface area contributed by atoms with Crippen molar-refractivity contribution in [3.8, 4) is 5.75 Å². The van der Waals surface area contributed by atoms with Crippen LogP contribution >= 0.6 is 0 Å². The molecule has 2 aromatic carbocycles. The summed E-state index contributed by atoms with van der Waals surface area (Å²) in [5.41, 5.74) is 1.29. The van der Waals surface area contributed by atoms with Crippen molar-refractivity contribution in [1.29, 1.82) is 0 Å². The molecule has 18 heavy (non-hydrogen) atoms. The van der Waals surface area contributed by atoms with Gasteiger partial charge in [-0.1, -0.05) is 24.3 Å². The summed E-state index contributed by atoms with van der Waals surface area (Å²) in [5, 5.41) is 0. The van der Waals surface area contributed by atoms with Crippen molar-refractivity contribution in [3.63, 3.8) is 0 Å². The topological polar surface area (TPSA) is 26.3 Å². The van der Waals surface area contributed by atoms with Gasteiger partial charge in [0.1, 0.15) is 11.6 Å². The molecule has 1 aliphatic heterocycles. The van der Waals surface area contributed by atoms with Crippen molar-refractivity contribution in [3.05, 3.63) is 71.2 Å². The Morgan fingerprint density at radius 1 is 1.00 bits per heavy atom. The van der Waals surface area contributed by atoms with Crippen LogP contribution in [0.5, 0.6) is 5.75 Å². The molecule has 0 N–H and O–H groups in total. The van der Waals surface area contributed by atoms with Crippen LogP contribution in [0.15, 0.2) is 54.3 Å². The Morgan fingerprint density at radius 3 is 2.44 bits per heavy atom. The van der Waals surface area contributed by atoms with E-state index in [1.54, 1.807) is 36.4 Å². The van der Waals surface area contributed by atoms with Crippen molar-refractivity contribution in [1.82, 2.24) is 0 Å². The van der Waals surface area contributed by atoms with E-state index >= 15 is 0 Å². The van der Waals surface area contributed by atoms with E-state index in [1.807, 2.05) is 6.07 Å². The average Bonchev–Trinajstić information content (AvgIpc) is 2.70. The van der Waals surface area contributed by atoms with Crippen LogP contribution < -0.4 is 4.74 Å². The quantitative estimate of drug-likeness (QED) is 0.714. The van der Waals surface area contributed by atoms with E-state index in [2.05, 4.69) is 0 Å². The third-order valence-electron chi connectivity index (χ3n) is 2.74. The average molecular weight is 240 g/mol. The molecule has 0 bridgehead atoms. The monoisotopic (exact) mass is 240 g/mol. The first-order chi connectivity index (χ1) is 8.74. The summed E-state index contributed by atoms with van der Waals surface area (Å²) < 4.78 is 18.2. The second kappa shape index (κ2) is 4.11. The summed E-state index contributed by atoms with van der Waals surface area (Å²) in [4.78, 5) is 12.0. The maximum Gasteiger partial charge on any atom is 0.231 e. The van der Waals surface area contributed by atoms with E-state index in [9.17, 15) is 9.18 Å². The SMILES string of the molecule is O=C1/C(=C\c2ccc(F)cc2)Oc2ccccc21. The molecule has 3 rings (SSSR count). The van der Waals surface area contributed by atoms with Gasteiger partial charge >= 0.3 is 0 Å². The molecule has 0 spiro atoms. The molecule has 0 unspecified atom stereocenters.